The van der Waals surface area contributed by atoms with Crippen molar-refractivity contribution in [3.63, 3.8) is 0 Å². The van der Waals surface area contributed by atoms with E-state index in [1.165, 1.54) is 11.1 Å². The molecule has 0 N–H and O–H groups in total. The van der Waals surface area contributed by atoms with E-state index in [2.05, 4.69) is 81.7 Å². The Morgan fingerprint density at radius 2 is 1.33 bits per heavy atom. The fourth-order valence-corrected chi connectivity index (χ4v) is 2.33. The maximum Gasteiger partial charge on any atom is 0.112 e. The molecule has 0 saturated carbocycles. The third-order valence-electron chi connectivity index (χ3n) is 3.76. The number of benzene rings is 2. The quantitative estimate of drug-likeness (QED) is 0.708. The maximum absolute atomic E-state index is 2.30. The van der Waals surface area contributed by atoms with Crippen LogP contribution in [0.15, 0.2) is 60.7 Å². The van der Waals surface area contributed by atoms with Gasteiger partial charge in [-0.25, -0.2) is 0 Å². The highest BCUT2D eigenvalue weighted by Crippen LogP contribution is 2.26. The lowest BCUT2D eigenvalue weighted by molar-refractivity contribution is -0.932. The van der Waals surface area contributed by atoms with E-state index in [9.17, 15) is 0 Å². The summed E-state index contributed by atoms with van der Waals surface area (Å²) in [4.78, 5) is 0. The van der Waals surface area contributed by atoms with Crippen LogP contribution >= 0.6 is 0 Å². The molecule has 0 heterocycles. The zero-order chi connectivity index (χ0) is 13.0. The van der Waals surface area contributed by atoms with Gasteiger partial charge in [0, 0.05) is 11.1 Å². The molecular formula is C17H22N+. The molecule has 18 heavy (non-hydrogen) atoms. The van der Waals surface area contributed by atoms with Gasteiger partial charge < -0.3 is 4.48 Å². The molecule has 0 aliphatic carbocycles. The van der Waals surface area contributed by atoms with Crippen molar-refractivity contribution in [1.29, 1.82) is 0 Å². The smallest absolute Gasteiger partial charge is 0.112 e. The number of hydrogen-bond acceptors (Lipinski definition) is 0. The summed E-state index contributed by atoms with van der Waals surface area (Å²) in [7, 11) is 4.59. The van der Waals surface area contributed by atoms with Gasteiger partial charge in [-0.05, 0) is 6.92 Å². The zero-order valence-electron chi connectivity index (χ0n) is 11.5. The second kappa shape index (κ2) is 5.36. The first-order valence-electron chi connectivity index (χ1n) is 6.51. The summed E-state index contributed by atoms with van der Waals surface area (Å²) in [6, 6.07) is 22.0. The molecule has 2 rings (SSSR count). The fourth-order valence-electron chi connectivity index (χ4n) is 2.33. The fraction of sp³-hybridized carbons (Fsp3) is 0.294. The van der Waals surface area contributed by atoms with E-state index in [0.717, 1.165) is 11.0 Å². The van der Waals surface area contributed by atoms with Gasteiger partial charge in [-0.2, -0.15) is 0 Å². The van der Waals surface area contributed by atoms with E-state index in [-0.39, 0.29) is 0 Å². The Morgan fingerprint density at radius 3 is 1.89 bits per heavy atom. The Labute approximate surface area is 110 Å². The van der Waals surface area contributed by atoms with Crippen molar-refractivity contribution in [1.82, 2.24) is 0 Å². The second-order valence-corrected chi connectivity index (χ2v) is 5.51. The van der Waals surface area contributed by atoms with E-state index in [1.807, 2.05) is 0 Å². The lowest BCUT2D eigenvalue weighted by Crippen LogP contribution is -2.41. The van der Waals surface area contributed by atoms with E-state index in [1.54, 1.807) is 0 Å². The first kappa shape index (κ1) is 12.8. The molecule has 0 aliphatic heterocycles. The number of hydrogen-bond donors (Lipinski definition) is 0. The van der Waals surface area contributed by atoms with Crippen molar-refractivity contribution >= 4 is 0 Å². The third kappa shape index (κ3) is 2.99. The average Bonchev–Trinajstić information content (AvgIpc) is 2.39. The van der Waals surface area contributed by atoms with Gasteiger partial charge in [-0.1, -0.05) is 60.7 Å². The highest BCUT2D eigenvalue weighted by atomic mass is 15.3. The summed E-state index contributed by atoms with van der Waals surface area (Å²) >= 11 is 0. The summed E-state index contributed by atoms with van der Waals surface area (Å²) in [6.07, 6.45) is 0. The van der Waals surface area contributed by atoms with Crippen molar-refractivity contribution in [2.75, 3.05) is 14.1 Å². The summed E-state index contributed by atoms with van der Waals surface area (Å²) in [5.74, 6) is 0. The molecule has 0 spiro atoms. The van der Waals surface area contributed by atoms with Gasteiger partial charge in [0.2, 0.25) is 0 Å². The van der Waals surface area contributed by atoms with Crippen molar-refractivity contribution in [2.45, 2.75) is 19.5 Å². The topological polar surface area (TPSA) is 0 Å². The van der Waals surface area contributed by atoms with Crippen LogP contribution in [0.1, 0.15) is 24.1 Å². The monoisotopic (exact) mass is 240 g/mol. The molecule has 2 aromatic carbocycles. The van der Waals surface area contributed by atoms with E-state index in [0.29, 0.717) is 6.04 Å². The van der Waals surface area contributed by atoms with Gasteiger partial charge in [0.1, 0.15) is 12.6 Å². The van der Waals surface area contributed by atoms with Crippen LogP contribution in [0.5, 0.6) is 0 Å². The molecule has 2 aromatic rings. The summed E-state index contributed by atoms with van der Waals surface area (Å²) in [5, 5.41) is 0. The molecule has 1 atom stereocenters. The van der Waals surface area contributed by atoms with Gasteiger partial charge in [0.05, 0.1) is 14.1 Å². The van der Waals surface area contributed by atoms with Crippen LogP contribution in [0, 0.1) is 0 Å². The number of nitrogens with zero attached hydrogens (tertiary/aromatic N) is 1. The molecule has 0 amide bonds. The predicted molar refractivity (Wildman–Crippen MR) is 77.1 cm³/mol. The summed E-state index contributed by atoms with van der Waals surface area (Å²) in [6.45, 7) is 3.36. The minimum absolute atomic E-state index is 0.492. The van der Waals surface area contributed by atoms with Gasteiger partial charge in [-0.3, -0.25) is 0 Å². The normalized spacial score (nSPS) is 13.3. The Balaban J connectivity index is 2.16. The molecule has 94 valence electrons. The Kier molecular flexibility index (Phi) is 3.83. The van der Waals surface area contributed by atoms with Crippen LogP contribution in [0.2, 0.25) is 0 Å². The molecule has 0 bridgehead atoms. The highest BCUT2D eigenvalue weighted by molar-refractivity contribution is 5.17. The maximum atomic E-state index is 2.30. The van der Waals surface area contributed by atoms with E-state index < -0.39 is 0 Å². The van der Waals surface area contributed by atoms with Crippen LogP contribution < -0.4 is 0 Å². The van der Waals surface area contributed by atoms with Crippen molar-refractivity contribution in [3.8, 4) is 0 Å². The SMILES string of the molecule is CC(c1ccccc1)[N+](C)(C)Cc1ccccc1. The molecule has 1 heteroatoms. The lowest BCUT2D eigenvalue weighted by Gasteiger charge is -2.36. The largest absolute Gasteiger partial charge is 0.319 e. The number of rotatable bonds is 4. The van der Waals surface area contributed by atoms with Crippen LogP contribution in [-0.4, -0.2) is 18.6 Å². The molecule has 0 saturated heterocycles. The van der Waals surface area contributed by atoms with Gasteiger partial charge in [0.15, 0.2) is 0 Å². The molecule has 1 nitrogen and oxygen atoms in total. The first-order valence-corrected chi connectivity index (χ1v) is 6.51. The van der Waals surface area contributed by atoms with Gasteiger partial charge in [-0.15, -0.1) is 0 Å². The van der Waals surface area contributed by atoms with Crippen LogP contribution in [0.3, 0.4) is 0 Å². The summed E-state index contributed by atoms with van der Waals surface area (Å²) in [5.41, 5.74) is 2.80. The first-order chi connectivity index (χ1) is 8.59. The Morgan fingerprint density at radius 1 is 0.833 bits per heavy atom. The van der Waals surface area contributed by atoms with Gasteiger partial charge >= 0.3 is 0 Å². The molecule has 0 radical (unpaired) electrons. The third-order valence-corrected chi connectivity index (χ3v) is 3.76. The zero-order valence-corrected chi connectivity index (χ0v) is 11.5. The molecular weight excluding hydrogens is 218 g/mol. The van der Waals surface area contributed by atoms with Crippen LogP contribution in [0.4, 0.5) is 0 Å². The van der Waals surface area contributed by atoms with Crippen LogP contribution in [-0.2, 0) is 6.54 Å². The van der Waals surface area contributed by atoms with Crippen molar-refractivity contribution < 1.29 is 4.48 Å². The van der Waals surface area contributed by atoms with Crippen LogP contribution in [0.25, 0.3) is 0 Å². The predicted octanol–water partition coefficient (Wildman–Crippen LogP) is 4.02. The summed E-state index contributed by atoms with van der Waals surface area (Å²) < 4.78 is 0.966. The minimum Gasteiger partial charge on any atom is -0.319 e. The molecule has 0 fully saturated rings. The van der Waals surface area contributed by atoms with E-state index in [4.69, 9.17) is 0 Å². The van der Waals surface area contributed by atoms with Crippen molar-refractivity contribution in [2.24, 2.45) is 0 Å². The molecule has 0 aliphatic rings. The Bertz CT molecular complexity index is 473. The second-order valence-electron chi connectivity index (χ2n) is 5.51. The molecule has 0 aromatic heterocycles. The van der Waals surface area contributed by atoms with Crippen molar-refractivity contribution in [3.05, 3.63) is 71.8 Å². The Hall–Kier alpha value is -1.60. The number of quaternary nitrogens is 1. The highest BCUT2D eigenvalue weighted by Gasteiger charge is 2.25. The average molecular weight is 240 g/mol. The van der Waals surface area contributed by atoms with Gasteiger partial charge in [0.25, 0.3) is 0 Å². The van der Waals surface area contributed by atoms with E-state index >= 15 is 0 Å². The minimum atomic E-state index is 0.492. The standard InChI is InChI=1S/C17H22N/c1-15(17-12-8-5-9-13-17)18(2,3)14-16-10-6-4-7-11-16/h4-13,15H,14H2,1-3H3/q+1. The lowest BCUT2D eigenvalue weighted by atomic mass is 10.0. The molecule has 1 unspecified atom stereocenters.